The number of esters is 1. The first kappa shape index (κ1) is 24.3. The quantitative estimate of drug-likeness (QED) is 0.292. The third-order valence-electron chi connectivity index (χ3n) is 6.74. The van der Waals surface area contributed by atoms with Gasteiger partial charge in [0.05, 0.1) is 16.9 Å². The SMILES string of the molecule is Cc1cc(C(=O)COC(=O)c2ccc(NC3CC3)nc2)c(C)n1-c1c(C)n(C)n(-c2ccccc2)c1=O. The second-order valence-electron chi connectivity index (χ2n) is 9.38. The molecule has 190 valence electrons. The summed E-state index contributed by atoms with van der Waals surface area (Å²) in [5.74, 6) is -0.243. The molecule has 0 unspecified atom stereocenters. The maximum atomic E-state index is 13.5. The van der Waals surface area contributed by atoms with Gasteiger partial charge in [0, 0.05) is 36.2 Å². The third-order valence-corrected chi connectivity index (χ3v) is 6.74. The summed E-state index contributed by atoms with van der Waals surface area (Å²) >= 11 is 0. The number of Topliss-reactive ketones (excluding diaryl/α,β-unsaturated/α-hetero) is 1. The molecule has 9 nitrogen and oxygen atoms in total. The molecule has 4 aromatic rings. The number of benzene rings is 1. The average Bonchev–Trinajstić information content (AvgIpc) is 3.63. The zero-order valence-corrected chi connectivity index (χ0v) is 21.3. The van der Waals surface area contributed by atoms with Gasteiger partial charge in [-0.25, -0.2) is 14.5 Å². The van der Waals surface area contributed by atoms with Crippen molar-refractivity contribution in [1.29, 1.82) is 0 Å². The number of aryl methyl sites for hydroxylation is 1. The molecule has 0 radical (unpaired) electrons. The summed E-state index contributed by atoms with van der Waals surface area (Å²) in [5.41, 5.74) is 3.83. The highest BCUT2D eigenvalue weighted by atomic mass is 16.5. The molecule has 1 aliphatic rings. The van der Waals surface area contributed by atoms with Crippen LogP contribution in [0.25, 0.3) is 11.4 Å². The second kappa shape index (κ2) is 9.57. The molecule has 1 N–H and O–H groups in total. The largest absolute Gasteiger partial charge is 0.454 e. The van der Waals surface area contributed by atoms with Crippen molar-refractivity contribution in [2.24, 2.45) is 7.05 Å². The normalized spacial score (nSPS) is 13.0. The van der Waals surface area contributed by atoms with Crippen LogP contribution in [0.4, 0.5) is 5.82 Å². The van der Waals surface area contributed by atoms with E-state index in [2.05, 4.69) is 10.3 Å². The Kier molecular flexibility index (Phi) is 6.29. The molecule has 1 fully saturated rings. The molecule has 0 atom stereocenters. The van der Waals surface area contributed by atoms with Gasteiger partial charge in [-0.1, -0.05) is 18.2 Å². The molecule has 0 amide bonds. The van der Waals surface area contributed by atoms with Crippen LogP contribution < -0.4 is 10.9 Å². The van der Waals surface area contributed by atoms with Crippen molar-refractivity contribution in [3.63, 3.8) is 0 Å². The maximum Gasteiger partial charge on any atom is 0.340 e. The number of carbonyl (C=O) groups excluding carboxylic acids is 2. The molecular formula is C28H29N5O4. The number of pyridine rings is 1. The van der Waals surface area contributed by atoms with E-state index in [-0.39, 0.29) is 16.9 Å². The van der Waals surface area contributed by atoms with E-state index in [4.69, 9.17) is 4.74 Å². The molecule has 1 saturated carbocycles. The number of ketones is 1. The Hall–Kier alpha value is -4.40. The van der Waals surface area contributed by atoms with E-state index in [0.29, 0.717) is 28.8 Å². The lowest BCUT2D eigenvalue weighted by Crippen LogP contribution is -2.22. The summed E-state index contributed by atoms with van der Waals surface area (Å²) < 4.78 is 10.5. The Bertz CT molecular complexity index is 1540. The molecular weight excluding hydrogens is 470 g/mol. The number of hydrogen-bond donors (Lipinski definition) is 1. The van der Waals surface area contributed by atoms with Crippen LogP contribution in [0.2, 0.25) is 0 Å². The Labute approximate surface area is 214 Å². The standard InChI is InChI=1S/C28H29N5O4/c1-17-14-23(24(34)16-37-28(36)20-10-13-25(29-15-20)30-21-11-12-21)18(2)32(17)26-19(3)31(4)33(27(26)35)22-8-6-5-7-9-22/h5-10,13-15,21H,11-12,16H2,1-4H3,(H,29,30). The molecule has 5 rings (SSSR count). The minimum Gasteiger partial charge on any atom is -0.454 e. The Morgan fingerprint density at radius 1 is 1.05 bits per heavy atom. The molecule has 37 heavy (non-hydrogen) atoms. The Morgan fingerprint density at radius 3 is 2.43 bits per heavy atom. The zero-order valence-electron chi connectivity index (χ0n) is 21.3. The number of nitrogens with one attached hydrogen (secondary N) is 1. The van der Waals surface area contributed by atoms with E-state index in [1.54, 1.807) is 39.1 Å². The van der Waals surface area contributed by atoms with Crippen molar-refractivity contribution in [1.82, 2.24) is 18.9 Å². The van der Waals surface area contributed by atoms with Crippen LogP contribution in [0.15, 0.2) is 59.5 Å². The smallest absolute Gasteiger partial charge is 0.340 e. The number of aromatic nitrogens is 4. The van der Waals surface area contributed by atoms with Gasteiger partial charge in [0.15, 0.2) is 6.61 Å². The number of hydrogen-bond acceptors (Lipinski definition) is 6. The average molecular weight is 500 g/mol. The lowest BCUT2D eigenvalue weighted by molar-refractivity contribution is 0.0474. The van der Waals surface area contributed by atoms with Crippen LogP contribution in [-0.4, -0.2) is 43.3 Å². The van der Waals surface area contributed by atoms with E-state index >= 15 is 0 Å². The minimum absolute atomic E-state index is 0.189. The first-order valence-electron chi connectivity index (χ1n) is 12.2. The van der Waals surface area contributed by atoms with Gasteiger partial charge in [0.1, 0.15) is 11.5 Å². The van der Waals surface area contributed by atoms with Crippen LogP contribution in [-0.2, 0) is 11.8 Å². The lowest BCUT2D eigenvalue weighted by atomic mass is 10.1. The minimum atomic E-state index is -0.614. The molecule has 1 aliphatic carbocycles. The number of nitrogens with zero attached hydrogens (tertiary/aromatic N) is 4. The number of anilines is 1. The van der Waals surface area contributed by atoms with E-state index in [1.807, 2.05) is 51.2 Å². The summed E-state index contributed by atoms with van der Waals surface area (Å²) in [6.45, 7) is 5.10. The van der Waals surface area contributed by atoms with Crippen molar-refractivity contribution in [2.45, 2.75) is 39.7 Å². The van der Waals surface area contributed by atoms with Crippen LogP contribution in [0.3, 0.4) is 0 Å². The fourth-order valence-corrected chi connectivity index (χ4v) is 4.53. The third kappa shape index (κ3) is 4.60. The van der Waals surface area contributed by atoms with Crippen LogP contribution >= 0.6 is 0 Å². The van der Waals surface area contributed by atoms with Gasteiger partial charge >= 0.3 is 5.97 Å². The van der Waals surface area contributed by atoms with Crippen LogP contribution in [0.1, 0.15) is 50.6 Å². The van der Waals surface area contributed by atoms with Crippen LogP contribution in [0, 0.1) is 20.8 Å². The first-order valence-corrected chi connectivity index (χ1v) is 12.2. The van der Waals surface area contributed by atoms with Gasteiger partial charge < -0.3 is 14.6 Å². The van der Waals surface area contributed by atoms with Gasteiger partial charge in [0.25, 0.3) is 5.56 Å². The Morgan fingerprint density at radius 2 is 1.78 bits per heavy atom. The summed E-state index contributed by atoms with van der Waals surface area (Å²) in [6.07, 6.45) is 3.70. The first-order chi connectivity index (χ1) is 17.8. The fourth-order valence-electron chi connectivity index (χ4n) is 4.53. The number of carbonyl (C=O) groups is 2. The van der Waals surface area contributed by atoms with Crippen molar-refractivity contribution in [2.75, 3.05) is 11.9 Å². The molecule has 0 bridgehead atoms. The predicted molar refractivity (Wildman–Crippen MR) is 140 cm³/mol. The van der Waals surface area contributed by atoms with Gasteiger partial charge in [-0.05, 0) is 63.9 Å². The lowest BCUT2D eigenvalue weighted by Gasteiger charge is -2.09. The van der Waals surface area contributed by atoms with Gasteiger partial charge in [-0.15, -0.1) is 0 Å². The summed E-state index contributed by atoms with van der Waals surface area (Å²) in [7, 11) is 1.83. The van der Waals surface area contributed by atoms with Gasteiger partial charge in [0.2, 0.25) is 5.78 Å². The van der Waals surface area contributed by atoms with E-state index < -0.39 is 12.6 Å². The molecule has 0 spiro atoms. The highest BCUT2D eigenvalue weighted by molar-refractivity contribution is 6.00. The summed E-state index contributed by atoms with van der Waals surface area (Å²) in [4.78, 5) is 43.3. The number of ether oxygens (including phenoxy) is 1. The topological polar surface area (TPSA) is 100 Å². The number of rotatable bonds is 8. The molecule has 3 heterocycles. The maximum absolute atomic E-state index is 13.5. The number of para-hydroxylation sites is 1. The fraction of sp³-hybridized carbons (Fsp3) is 0.286. The zero-order chi connectivity index (χ0) is 26.3. The van der Waals surface area contributed by atoms with Crippen molar-refractivity contribution in [3.8, 4) is 11.4 Å². The molecule has 1 aromatic carbocycles. The molecule has 9 heteroatoms. The van der Waals surface area contributed by atoms with E-state index in [1.165, 1.54) is 6.20 Å². The highest BCUT2D eigenvalue weighted by Crippen LogP contribution is 2.24. The summed E-state index contributed by atoms with van der Waals surface area (Å²) in [6, 6.07) is 14.9. The van der Waals surface area contributed by atoms with Crippen molar-refractivity contribution in [3.05, 3.63) is 93.3 Å². The monoisotopic (exact) mass is 499 g/mol. The van der Waals surface area contributed by atoms with Crippen LogP contribution in [0.5, 0.6) is 0 Å². The Balaban J connectivity index is 1.36. The second-order valence-corrected chi connectivity index (χ2v) is 9.38. The highest BCUT2D eigenvalue weighted by Gasteiger charge is 2.25. The van der Waals surface area contributed by atoms with E-state index in [0.717, 1.165) is 29.9 Å². The molecule has 3 aromatic heterocycles. The molecule has 0 saturated heterocycles. The predicted octanol–water partition coefficient (Wildman–Crippen LogP) is 3.90. The van der Waals surface area contributed by atoms with Gasteiger partial charge in [-0.3, -0.25) is 14.3 Å². The van der Waals surface area contributed by atoms with E-state index in [9.17, 15) is 14.4 Å². The summed E-state index contributed by atoms with van der Waals surface area (Å²) in [5, 5.41) is 3.26. The van der Waals surface area contributed by atoms with Crippen molar-refractivity contribution < 1.29 is 14.3 Å². The molecule has 0 aliphatic heterocycles. The van der Waals surface area contributed by atoms with Crippen molar-refractivity contribution >= 4 is 17.6 Å². The van der Waals surface area contributed by atoms with Gasteiger partial charge in [-0.2, -0.15) is 0 Å².